The van der Waals surface area contributed by atoms with Gasteiger partial charge in [0, 0.05) is 26.2 Å². The zero-order valence-electron chi connectivity index (χ0n) is 14.5. The summed E-state index contributed by atoms with van der Waals surface area (Å²) in [4.78, 5) is 25.4. The molecule has 0 bridgehead atoms. The predicted octanol–water partition coefficient (Wildman–Crippen LogP) is 2.75. The van der Waals surface area contributed by atoms with Crippen LogP contribution in [0.15, 0.2) is 6.33 Å². The lowest BCUT2D eigenvalue weighted by atomic mass is 10.1. The van der Waals surface area contributed by atoms with Gasteiger partial charge in [-0.1, -0.05) is 0 Å². The van der Waals surface area contributed by atoms with Crippen LogP contribution in [0.3, 0.4) is 0 Å². The third kappa shape index (κ3) is 3.37. The summed E-state index contributed by atoms with van der Waals surface area (Å²) in [6, 6.07) is -0.0280. The van der Waals surface area contributed by atoms with Crippen LogP contribution in [0, 0.1) is 6.92 Å². The van der Waals surface area contributed by atoms with Gasteiger partial charge in [-0.2, -0.15) is 0 Å². The minimum Gasteiger partial charge on any atom is -0.383 e. The molecule has 24 heavy (non-hydrogen) atoms. The summed E-state index contributed by atoms with van der Waals surface area (Å²) >= 11 is 1.44. The highest BCUT2D eigenvalue weighted by Crippen LogP contribution is 2.35. The Morgan fingerprint density at radius 3 is 2.83 bits per heavy atom. The fraction of sp³-hybridized carbons (Fsp3) is 0.588. The summed E-state index contributed by atoms with van der Waals surface area (Å²) in [7, 11) is 1.63. The monoisotopic (exact) mass is 348 g/mol. The Balaban J connectivity index is 1.94. The molecule has 1 N–H and O–H groups in total. The van der Waals surface area contributed by atoms with Crippen LogP contribution in [0.25, 0.3) is 10.2 Å². The van der Waals surface area contributed by atoms with E-state index in [1.165, 1.54) is 30.6 Å². The maximum absolute atomic E-state index is 12.6. The number of carbonyl (C=O) groups excluding carboxylic acids is 1. The van der Waals surface area contributed by atoms with E-state index >= 15 is 0 Å². The number of aromatic nitrogens is 2. The number of fused-ring (bicyclic) bond motifs is 1. The highest BCUT2D eigenvalue weighted by atomic mass is 32.1. The van der Waals surface area contributed by atoms with Gasteiger partial charge >= 0.3 is 0 Å². The van der Waals surface area contributed by atoms with Gasteiger partial charge in [0.25, 0.3) is 5.91 Å². The summed E-state index contributed by atoms with van der Waals surface area (Å²) in [5.74, 6) is 0.905. The summed E-state index contributed by atoms with van der Waals surface area (Å²) in [6.07, 6.45) is 5.27. The van der Waals surface area contributed by atoms with Crippen molar-refractivity contribution in [3.63, 3.8) is 0 Å². The second-order valence-electron chi connectivity index (χ2n) is 6.31. The van der Waals surface area contributed by atoms with Crippen molar-refractivity contribution < 1.29 is 9.53 Å². The van der Waals surface area contributed by atoms with E-state index in [1.54, 1.807) is 13.4 Å². The zero-order valence-corrected chi connectivity index (χ0v) is 15.3. The van der Waals surface area contributed by atoms with Gasteiger partial charge in [-0.05, 0) is 38.7 Å². The number of carbonyl (C=O) groups is 1. The van der Waals surface area contributed by atoms with Crippen molar-refractivity contribution in [1.29, 1.82) is 0 Å². The molecule has 130 valence electrons. The minimum atomic E-state index is -0.0651. The largest absolute Gasteiger partial charge is 0.383 e. The minimum absolute atomic E-state index is 0.0280. The molecule has 1 aliphatic rings. The number of amides is 1. The first-order valence-corrected chi connectivity index (χ1v) is 9.22. The maximum atomic E-state index is 12.6. The first-order chi connectivity index (χ1) is 11.6. The number of anilines is 1. The highest BCUT2D eigenvalue weighted by Gasteiger charge is 2.23. The molecule has 1 atom stereocenters. The predicted molar refractivity (Wildman–Crippen MR) is 97.0 cm³/mol. The quantitative estimate of drug-likeness (QED) is 0.900. The molecular formula is C17H24N4O2S. The highest BCUT2D eigenvalue weighted by molar-refractivity contribution is 7.20. The number of hydrogen-bond acceptors (Lipinski definition) is 6. The average molecular weight is 348 g/mol. The van der Waals surface area contributed by atoms with Crippen LogP contribution in [0.1, 0.15) is 41.4 Å². The van der Waals surface area contributed by atoms with Gasteiger partial charge in [0.2, 0.25) is 0 Å². The van der Waals surface area contributed by atoms with Gasteiger partial charge in [-0.3, -0.25) is 4.79 Å². The fourth-order valence-electron chi connectivity index (χ4n) is 3.20. The molecule has 0 radical (unpaired) electrons. The maximum Gasteiger partial charge on any atom is 0.262 e. The Morgan fingerprint density at radius 2 is 2.12 bits per heavy atom. The molecule has 1 aliphatic heterocycles. The number of nitrogens with zero attached hydrogens (tertiary/aromatic N) is 3. The number of thiophene rings is 1. The van der Waals surface area contributed by atoms with Crippen LogP contribution in [0.2, 0.25) is 0 Å². The van der Waals surface area contributed by atoms with E-state index in [-0.39, 0.29) is 11.9 Å². The molecule has 3 heterocycles. The lowest BCUT2D eigenvalue weighted by molar-refractivity contribution is 0.0909. The Morgan fingerprint density at radius 1 is 1.38 bits per heavy atom. The number of piperidine rings is 1. The lowest BCUT2D eigenvalue weighted by Gasteiger charge is -2.28. The van der Waals surface area contributed by atoms with Crippen molar-refractivity contribution >= 4 is 33.3 Å². The lowest BCUT2D eigenvalue weighted by Crippen LogP contribution is -2.35. The molecule has 1 amide bonds. The van der Waals surface area contributed by atoms with Crippen molar-refractivity contribution in [3.8, 4) is 0 Å². The SMILES string of the molecule is COC[C@@H](C)NC(=O)c1sc2ncnc(N3CCCCC3)c2c1C. The van der Waals surface area contributed by atoms with Crippen LogP contribution in [-0.2, 0) is 4.74 Å². The molecule has 2 aromatic rings. The third-order valence-electron chi connectivity index (χ3n) is 4.36. The Hall–Kier alpha value is -1.73. The first kappa shape index (κ1) is 17.1. The van der Waals surface area contributed by atoms with Crippen LogP contribution in [0.4, 0.5) is 5.82 Å². The number of methoxy groups -OCH3 is 1. The van der Waals surface area contributed by atoms with Crippen LogP contribution in [0.5, 0.6) is 0 Å². The molecule has 3 rings (SSSR count). The summed E-state index contributed by atoms with van der Waals surface area (Å²) in [5, 5.41) is 4.00. The van der Waals surface area contributed by atoms with Crippen molar-refractivity contribution in [2.24, 2.45) is 0 Å². The van der Waals surface area contributed by atoms with Crippen molar-refractivity contribution in [2.45, 2.75) is 39.2 Å². The molecule has 0 spiro atoms. The Labute approximate surface area is 146 Å². The average Bonchev–Trinajstić information content (AvgIpc) is 2.93. The van der Waals surface area contributed by atoms with Gasteiger partial charge in [0.05, 0.1) is 16.9 Å². The molecule has 0 unspecified atom stereocenters. The third-order valence-corrected chi connectivity index (χ3v) is 5.56. The molecule has 1 fully saturated rings. The number of nitrogens with one attached hydrogen (secondary N) is 1. The normalized spacial score (nSPS) is 16.4. The first-order valence-electron chi connectivity index (χ1n) is 8.40. The van der Waals surface area contributed by atoms with E-state index in [0.29, 0.717) is 11.5 Å². The molecule has 0 aliphatic carbocycles. The Bertz CT molecular complexity index is 725. The van der Waals surface area contributed by atoms with E-state index in [0.717, 1.165) is 34.7 Å². The van der Waals surface area contributed by atoms with E-state index in [1.807, 2.05) is 13.8 Å². The number of rotatable bonds is 5. The van der Waals surface area contributed by atoms with Gasteiger partial charge in [0.1, 0.15) is 17.0 Å². The molecule has 6 nitrogen and oxygen atoms in total. The molecule has 2 aromatic heterocycles. The summed E-state index contributed by atoms with van der Waals surface area (Å²) in [6.45, 7) is 6.46. The number of hydrogen-bond donors (Lipinski definition) is 1. The van der Waals surface area contributed by atoms with Crippen LogP contribution >= 0.6 is 11.3 Å². The second-order valence-corrected chi connectivity index (χ2v) is 7.31. The zero-order chi connectivity index (χ0) is 17.1. The summed E-state index contributed by atoms with van der Waals surface area (Å²) in [5.41, 5.74) is 0.971. The topological polar surface area (TPSA) is 67.3 Å². The molecule has 1 saturated heterocycles. The number of ether oxygens (including phenoxy) is 1. The van der Waals surface area contributed by atoms with E-state index in [9.17, 15) is 4.79 Å². The molecule has 7 heteroatoms. The second kappa shape index (κ2) is 7.44. The van der Waals surface area contributed by atoms with Crippen LogP contribution < -0.4 is 10.2 Å². The molecule has 0 aromatic carbocycles. The van der Waals surface area contributed by atoms with Crippen LogP contribution in [-0.4, -0.2) is 48.7 Å². The van der Waals surface area contributed by atoms with Gasteiger partial charge in [-0.15, -0.1) is 11.3 Å². The van der Waals surface area contributed by atoms with Crippen molar-refractivity contribution in [2.75, 3.05) is 31.7 Å². The fourth-order valence-corrected chi connectivity index (χ4v) is 4.24. The van der Waals surface area contributed by atoms with Crippen molar-refractivity contribution in [3.05, 3.63) is 16.8 Å². The van der Waals surface area contributed by atoms with Gasteiger partial charge in [-0.25, -0.2) is 9.97 Å². The molecular weight excluding hydrogens is 324 g/mol. The standard InChI is InChI=1S/C17H24N4O2S/c1-11(9-23-3)20-16(22)14-12(2)13-15(18-10-19-17(13)24-14)21-7-5-4-6-8-21/h10-11H,4-9H2,1-3H3,(H,20,22)/t11-/m1/s1. The van der Waals surface area contributed by atoms with E-state index in [2.05, 4.69) is 20.2 Å². The van der Waals surface area contributed by atoms with Gasteiger partial charge < -0.3 is 15.0 Å². The van der Waals surface area contributed by atoms with E-state index in [4.69, 9.17) is 4.74 Å². The van der Waals surface area contributed by atoms with E-state index < -0.39 is 0 Å². The Kier molecular flexibility index (Phi) is 5.30. The summed E-state index contributed by atoms with van der Waals surface area (Å²) < 4.78 is 5.09. The smallest absolute Gasteiger partial charge is 0.262 e. The number of aryl methyl sites for hydroxylation is 1. The molecule has 0 saturated carbocycles. The van der Waals surface area contributed by atoms with Crippen molar-refractivity contribution in [1.82, 2.24) is 15.3 Å². The van der Waals surface area contributed by atoms with Gasteiger partial charge in [0.15, 0.2) is 0 Å².